The van der Waals surface area contributed by atoms with Gasteiger partial charge >= 0.3 is 0 Å². The monoisotopic (exact) mass is 237 g/mol. The molecule has 1 aromatic carbocycles. The van der Waals surface area contributed by atoms with E-state index in [2.05, 4.69) is 5.32 Å². The van der Waals surface area contributed by atoms with E-state index >= 15 is 0 Å². The van der Waals surface area contributed by atoms with Crippen molar-refractivity contribution >= 4 is 0 Å². The molecule has 94 valence electrons. The second kappa shape index (κ2) is 6.01. The van der Waals surface area contributed by atoms with E-state index in [1.54, 1.807) is 12.1 Å². The van der Waals surface area contributed by atoms with Crippen LogP contribution in [0.4, 0.5) is 4.39 Å². The first-order chi connectivity index (χ1) is 8.29. The Bertz CT molecular complexity index is 348. The maximum Gasteiger partial charge on any atom is 0.165 e. The first-order valence-electron chi connectivity index (χ1n) is 6.35. The van der Waals surface area contributed by atoms with Gasteiger partial charge in [0.1, 0.15) is 0 Å². The predicted octanol–water partition coefficient (Wildman–Crippen LogP) is 2.98. The van der Waals surface area contributed by atoms with Crippen molar-refractivity contribution < 1.29 is 9.13 Å². The second-order valence-electron chi connectivity index (χ2n) is 4.75. The van der Waals surface area contributed by atoms with Gasteiger partial charge in [0.2, 0.25) is 0 Å². The third kappa shape index (κ3) is 3.43. The van der Waals surface area contributed by atoms with Crippen molar-refractivity contribution in [1.29, 1.82) is 0 Å². The Hall–Kier alpha value is -1.09. The molecule has 0 spiro atoms. The molecule has 1 fully saturated rings. The van der Waals surface area contributed by atoms with Crippen molar-refractivity contribution in [1.82, 2.24) is 5.32 Å². The highest BCUT2D eigenvalue weighted by molar-refractivity contribution is 5.23. The van der Waals surface area contributed by atoms with E-state index in [1.165, 1.54) is 18.9 Å². The molecule has 17 heavy (non-hydrogen) atoms. The van der Waals surface area contributed by atoms with Crippen LogP contribution in [0.15, 0.2) is 24.3 Å². The highest BCUT2D eigenvalue weighted by Crippen LogP contribution is 2.28. The Balaban J connectivity index is 1.84. The van der Waals surface area contributed by atoms with Crippen molar-refractivity contribution in [3.05, 3.63) is 30.1 Å². The maximum atomic E-state index is 13.4. The zero-order chi connectivity index (χ0) is 12.1. The van der Waals surface area contributed by atoms with Gasteiger partial charge in [-0.3, -0.25) is 0 Å². The summed E-state index contributed by atoms with van der Waals surface area (Å²) < 4.78 is 19.1. The van der Waals surface area contributed by atoms with Crippen molar-refractivity contribution in [3.63, 3.8) is 0 Å². The van der Waals surface area contributed by atoms with Crippen molar-refractivity contribution in [2.45, 2.75) is 31.8 Å². The van der Waals surface area contributed by atoms with Crippen molar-refractivity contribution in [2.24, 2.45) is 5.92 Å². The van der Waals surface area contributed by atoms with E-state index in [0.717, 1.165) is 25.3 Å². The predicted molar refractivity (Wildman–Crippen MR) is 66.7 cm³/mol. The molecular weight excluding hydrogens is 217 g/mol. The van der Waals surface area contributed by atoms with Gasteiger partial charge in [0.05, 0.1) is 6.10 Å². The molecule has 1 aliphatic carbocycles. The zero-order valence-electron chi connectivity index (χ0n) is 10.3. The van der Waals surface area contributed by atoms with Gasteiger partial charge in [0.15, 0.2) is 11.6 Å². The van der Waals surface area contributed by atoms with E-state index in [9.17, 15) is 4.39 Å². The van der Waals surface area contributed by atoms with Crippen LogP contribution in [0, 0.1) is 11.7 Å². The fourth-order valence-electron chi connectivity index (χ4n) is 2.46. The lowest BCUT2D eigenvalue weighted by Crippen LogP contribution is -2.29. The molecule has 0 aliphatic heterocycles. The first kappa shape index (κ1) is 12.4. The van der Waals surface area contributed by atoms with Crippen LogP contribution in [0.3, 0.4) is 0 Å². The standard InChI is InChI=1S/C14H20FNO/c1-16-10-11-6-8-12(9-7-11)17-14-5-3-2-4-13(14)15/h2-5,11-12,16H,6-10H2,1H3. The number of para-hydroxylation sites is 1. The maximum absolute atomic E-state index is 13.4. The summed E-state index contributed by atoms with van der Waals surface area (Å²) in [6, 6.07) is 6.65. The Morgan fingerprint density at radius 1 is 1.24 bits per heavy atom. The summed E-state index contributed by atoms with van der Waals surface area (Å²) in [4.78, 5) is 0. The Labute approximate surface area is 102 Å². The van der Waals surface area contributed by atoms with Gasteiger partial charge in [-0.25, -0.2) is 4.39 Å². The average molecular weight is 237 g/mol. The highest BCUT2D eigenvalue weighted by Gasteiger charge is 2.22. The molecule has 1 aromatic rings. The number of ether oxygens (including phenoxy) is 1. The SMILES string of the molecule is CNCC1CCC(Oc2ccccc2F)CC1. The number of hydrogen-bond acceptors (Lipinski definition) is 2. The molecule has 1 N–H and O–H groups in total. The number of halogens is 1. The lowest BCUT2D eigenvalue weighted by molar-refractivity contribution is 0.126. The molecule has 0 aromatic heterocycles. The molecule has 0 radical (unpaired) electrons. The molecule has 1 saturated carbocycles. The van der Waals surface area contributed by atoms with Crippen molar-refractivity contribution in [2.75, 3.05) is 13.6 Å². The highest BCUT2D eigenvalue weighted by atomic mass is 19.1. The summed E-state index contributed by atoms with van der Waals surface area (Å²) in [7, 11) is 1.99. The fourth-order valence-corrected chi connectivity index (χ4v) is 2.46. The molecule has 0 unspecified atom stereocenters. The molecule has 0 saturated heterocycles. The van der Waals surface area contributed by atoms with E-state index in [1.807, 2.05) is 13.1 Å². The molecule has 2 rings (SSSR count). The molecule has 1 aliphatic rings. The molecule has 3 heteroatoms. The summed E-state index contributed by atoms with van der Waals surface area (Å²) in [6.45, 7) is 1.08. The van der Waals surface area contributed by atoms with Crippen LogP contribution in [-0.4, -0.2) is 19.7 Å². The minimum atomic E-state index is -0.259. The molecular formula is C14H20FNO. The molecule has 0 atom stereocenters. The Morgan fingerprint density at radius 3 is 2.59 bits per heavy atom. The molecule has 2 nitrogen and oxygen atoms in total. The van der Waals surface area contributed by atoms with Gasteiger partial charge in [0.25, 0.3) is 0 Å². The van der Waals surface area contributed by atoms with Crippen LogP contribution < -0.4 is 10.1 Å². The summed E-state index contributed by atoms with van der Waals surface area (Å²) in [5, 5.41) is 3.21. The van der Waals surface area contributed by atoms with E-state index in [0.29, 0.717) is 5.75 Å². The number of hydrogen-bond donors (Lipinski definition) is 1. The molecule has 0 heterocycles. The Morgan fingerprint density at radius 2 is 1.94 bits per heavy atom. The third-order valence-corrected chi connectivity index (χ3v) is 3.42. The molecule has 0 amide bonds. The van der Waals surface area contributed by atoms with Gasteiger partial charge < -0.3 is 10.1 Å². The zero-order valence-corrected chi connectivity index (χ0v) is 10.3. The van der Waals surface area contributed by atoms with E-state index in [4.69, 9.17) is 4.74 Å². The second-order valence-corrected chi connectivity index (χ2v) is 4.75. The summed E-state index contributed by atoms with van der Waals surface area (Å²) in [5.74, 6) is 0.884. The van der Waals surface area contributed by atoms with Crippen molar-refractivity contribution in [3.8, 4) is 5.75 Å². The summed E-state index contributed by atoms with van der Waals surface area (Å²) in [5.41, 5.74) is 0. The van der Waals surface area contributed by atoms with Gasteiger partial charge in [-0.1, -0.05) is 12.1 Å². The number of nitrogens with one attached hydrogen (secondary N) is 1. The van der Waals surface area contributed by atoms with E-state index in [-0.39, 0.29) is 11.9 Å². The first-order valence-corrected chi connectivity index (χ1v) is 6.35. The van der Waals surface area contributed by atoms with Gasteiger partial charge in [-0.2, -0.15) is 0 Å². The van der Waals surface area contributed by atoms with Crippen LogP contribution in [0.5, 0.6) is 5.75 Å². The quantitative estimate of drug-likeness (QED) is 0.869. The lowest BCUT2D eigenvalue weighted by atomic mass is 9.87. The van der Waals surface area contributed by atoms with Crippen LogP contribution in [0.1, 0.15) is 25.7 Å². The average Bonchev–Trinajstić information content (AvgIpc) is 2.35. The summed E-state index contributed by atoms with van der Waals surface area (Å²) in [6.07, 6.45) is 4.57. The van der Waals surface area contributed by atoms with Crippen LogP contribution >= 0.6 is 0 Å². The largest absolute Gasteiger partial charge is 0.487 e. The number of benzene rings is 1. The minimum Gasteiger partial charge on any atom is -0.487 e. The van der Waals surface area contributed by atoms with Gasteiger partial charge in [-0.15, -0.1) is 0 Å². The minimum absolute atomic E-state index is 0.181. The third-order valence-electron chi connectivity index (χ3n) is 3.42. The fraction of sp³-hybridized carbons (Fsp3) is 0.571. The molecule has 0 bridgehead atoms. The normalized spacial score (nSPS) is 24.6. The summed E-state index contributed by atoms with van der Waals surface area (Å²) >= 11 is 0. The van der Waals surface area contributed by atoms with Gasteiger partial charge in [-0.05, 0) is 57.3 Å². The Kier molecular flexibility index (Phi) is 4.37. The number of rotatable bonds is 4. The topological polar surface area (TPSA) is 21.3 Å². The van der Waals surface area contributed by atoms with E-state index < -0.39 is 0 Å². The smallest absolute Gasteiger partial charge is 0.165 e. The van der Waals surface area contributed by atoms with Crippen LogP contribution in [0.25, 0.3) is 0 Å². The van der Waals surface area contributed by atoms with Crippen LogP contribution in [-0.2, 0) is 0 Å². The van der Waals surface area contributed by atoms with Gasteiger partial charge in [0, 0.05) is 0 Å². The van der Waals surface area contributed by atoms with Crippen LogP contribution in [0.2, 0.25) is 0 Å². The lowest BCUT2D eigenvalue weighted by Gasteiger charge is -2.28.